The lowest BCUT2D eigenvalue weighted by Gasteiger charge is -2.10. The predicted molar refractivity (Wildman–Crippen MR) is 84.3 cm³/mol. The molecule has 0 spiro atoms. The quantitative estimate of drug-likeness (QED) is 0.880. The number of ether oxygens (including phenoxy) is 1. The molecule has 1 saturated carbocycles. The van der Waals surface area contributed by atoms with Gasteiger partial charge in [-0.25, -0.2) is 0 Å². The molecular weight excluding hydrogens is 260 g/mol. The number of aryl methyl sites for hydroxylation is 2. The first-order valence-corrected chi connectivity index (χ1v) is 7.59. The maximum absolute atomic E-state index is 5.89. The predicted octanol–water partition coefficient (Wildman–Crippen LogP) is 3.53. The number of benzene rings is 1. The SMILES string of the molecule is Cc1ccc(OCc2cccc(CNC3CC3)n2)c(C)c1. The van der Waals surface area contributed by atoms with Gasteiger partial charge >= 0.3 is 0 Å². The van der Waals surface area contributed by atoms with Crippen LogP contribution in [0.3, 0.4) is 0 Å². The zero-order valence-corrected chi connectivity index (χ0v) is 12.7. The van der Waals surface area contributed by atoms with Crippen molar-refractivity contribution in [3.63, 3.8) is 0 Å². The minimum absolute atomic E-state index is 0.515. The molecule has 0 aliphatic heterocycles. The second-order valence-electron chi connectivity index (χ2n) is 5.83. The third-order valence-corrected chi connectivity index (χ3v) is 3.72. The lowest BCUT2D eigenvalue weighted by Crippen LogP contribution is -2.16. The Morgan fingerprint density at radius 2 is 1.95 bits per heavy atom. The molecule has 110 valence electrons. The van der Waals surface area contributed by atoms with Crippen LogP contribution in [0.25, 0.3) is 0 Å². The fourth-order valence-electron chi connectivity index (χ4n) is 2.36. The highest BCUT2D eigenvalue weighted by Crippen LogP contribution is 2.20. The summed E-state index contributed by atoms with van der Waals surface area (Å²) in [5.74, 6) is 0.934. The van der Waals surface area contributed by atoms with Crippen molar-refractivity contribution in [3.8, 4) is 5.75 Å². The van der Waals surface area contributed by atoms with E-state index in [1.54, 1.807) is 0 Å². The molecule has 1 aliphatic carbocycles. The highest BCUT2D eigenvalue weighted by atomic mass is 16.5. The monoisotopic (exact) mass is 282 g/mol. The Bertz CT molecular complexity index is 620. The van der Waals surface area contributed by atoms with Gasteiger partial charge in [0, 0.05) is 12.6 Å². The molecule has 3 nitrogen and oxygen atoms in total. The van der Waals surface area contributed by atoms with Gasteiger partial charge in [0.05, 0.1) is 11.4 Å². The van der Waals surface area contributed by atoms with Crippen molar-refractivity contribution in [1.29, 1.82) is 0 Å². The van der Waals surface area contributed by atoms with E-state index in [9.17, 15) is 0 Å². The molecule has 1 aromatic carbocycles. The van der Waals surface area contributed by atoms with Gasteiger partial charge in [0.2, 0.25) is 0 Å². The van der Waals surface area contributed by atoms with E-state index in [1.165, 1.54) is 24.0 Å². The van der Waals surface area contributed by atoms with Crippen molar-refractivity contribution < 1.29 is 4.74 Å². The normalized spacial score (nSPS) is 14.2. The number of nitrogens with one attached hydrogen (secondary N) is 1. The molecule has 0 unspecified atom stereocenters. The first kappa shape index (κ1) is 14.1. The first-order valence-electron chi connectivity index (χ1n) is 7.59. The summed E-state index contributed by atoms with van der Waals surface area (Å²) in [6, 6.07) is 13.1. The molecule has 3 rings (SSSR count). The average Bonchev–Trinajstić information content (AvgIpc) is 3.29. The van der Waals surface area contributed by atoms with Crippen molar-refractivity contribution in [2.24, 2.45) is 0 Å². The summed E-state index contributed by atoms with van der Waals surface area (Å²) in [5.41, 5.74) is 4.49. The second kappa shape index (κ2) is 6.27. The Kier molecular flexibility index (Phi) is 4.20. The largest absolute Gasteiger partial charge is 0.487 e. The van der Waals surface area contributed by atoms with Crippen LogP contribution >= 0.6 is 0 Å². The topological polar surface area (TPSA) is 34.1 Å². The van der Waals surface area contributed by atoms with Gasteiger partial charge in [-0.3, -0.25) is 4.98 Å². The summed E-state index contributed by atoms with van der Waals surface area (Å²) in [7, 11) is 0. The van der Waals surface area contributed by atoms with Crippen LogP contribution in [0.2, 0.25) is 0 Å². The highest BCUT2D eigenvalue weighted by Gasteiger charge is 2.20. The molecule has 0 radical (unpaired) electrons. The molecule has 1 N–H and O–H groups in total. The molecule has 1 aliphatic rings. The third-order valence-electron chi connectivity index (χ3n) is 3.72. The van der Waals surface area contributed by atoms with Crippen LogP contribution in [0, 0.1) is 13.8 Å². The summed E-state index contributed by atoms with van der Waals surface area (Å²) in [5, 5.41) is 3.49. The molecule has 1 aromatic heterocycles. The Morgan fingerprint density at radius 3 is 2.71 bits per heavy atom. The van der Waals surface area contributed by atoms with Gasteiger partial charge in [-0.2, -0.15) is 0 Å². The van der Waals surface area contributed by atoms with Crippen LogP contribution in [0.1, 0.15) is 35.4 Å². The van der Waals surface area contributed by atoms with Crippen molar-refractivity contribution in [2.75, 3.05) is 0 Å². The molecule has 1 fully saturated rings. The molecule has 0 saturated heterocycles. The van der Waals surface area contributed by atoms with Crippen molar-refractivity contribution in [2.45, 2.75) is 45.9 Å². The van der Waals surface area contributed by atoms with Gasteiger partial charge in [-0.15, -0.1) is 0 Å². The van der Waals surface area contributed by atoms with Crippen LogP contribution in [-0.2, 0) is 13.2 Å². The van der Waals surface area contributed by atoms with Gasteiger partial charge in [-0.05, 0) is 50.5 Å². The zero-order valence-electron chi connectivity index (χ0n) is 12.7. The van der Waals surface area contributed by atoms with Gasteiger partial charge in [0.1, 0.15) is 12.4 Å². The average molecular weight is 282 g/mol. The maximum atomic E-state index is 5.89. The maximum Gasteiger partial charge on any atom is 0.130 e. The Hall–Kier alpha value is -1.87. The molecule has 0 atom stereocenters. The minimum atomic E-state index is 0.515. The van der Waals surface area contributed by atoms with Crippen LogP contribution in [0.4, 0.5) is 0 Å². The Balaban J connectivity index is 1.60. The lowest BCUT2D eigenvalue weighted by molar-refractivity contribution is 0.299. The molecule has 3 heteroatoms. The van der Waals surface area contributed by atoms with Crippen LogP contribution in [0.15, 0.2) is 36.4 Å². The molecule has 0 bridgehead atoms. The Morgan fingerprint density at radius 1 is 1.14 bits per heavy atom. The van der Waals surface area contributed by atoms with Gasteiger partial charge < -0.3 is 10.1 Å². The number of nitrogens with zero attached hydrogens (tertiary/aromatic N) is 1. The molecule has 21 heavy (non-hydrogen) atoms. The number of aromatic nitrogens is 1. The van der Waals surface area contributed by atoms with E-state index < -0.39 is 0 Å². The highest BCUT2D eigenvalue weighted by molar-refractivity contribution is 5.35. The van der Waals surface area contributed by atoms with E-state index >= 15 is 0 Å². The smallest absolute Gasteiger partial charge is 0.130 e. The molecule has 0 amide bonds. The van der Waals surface area contributed by atoms with E-state index in [2.05, 4.69) is 48.4 Å². The number of rotatable bonds is 6. The molecule has 1 heterocycles. The van der Waals surface area contributed by atoms with E-state index in [4.69, 9.17) is 4.74 Å². The summed E-state index contributed by atoms with van der Waals surface area (Å²) in [6.07, 6.45) is 2.60. The van der Waals surface area contributed by atoms with Gasteiger partial charge in [0.25, 0.3) is 0 Å². The second-order valence-corrected chi connectivity index (χ2v) is 5.83. The van der Waals surface area contributed by atoms with Crippen molar-refractivity contribution >= 4 is 0 Å². The summed E-state index contributed by atoms with van der Waals surface area (Å²) in [4.78, 5) is 4.65. The van der Waals surface area contributed by atoms with Crippen LogP contribution in [-0.4, -0.2) is 11.0 Å². The number of hydrogen-bond donors (Lipinski definition) is 1. The number of pyridine rings is 1. The molecular formula is C18H22N2O. The van der Waals surface area contributed by atoms with Gasteiger partial charge in [0.15, 0.2) is 0 Å². The van der Waals surface area contributed by atoms with Gasteiger partial charge in [-0.1, -0.05) is 23.8 Å². The number of hydrogen-bond acceptors (Lipinski definition) is 3. The minimum Gasteiger partial charge on any atom is -0.487 e. The van der Waals surface area contributed by atoms with E-state index in [0.29, 0.717) is 12.6 Å². The fraction of sp³-hybridized carbons (Fsp3) is 0.389. The molecule has 2 aromatic rings. The standard InChI is InChI=1S/C18H22N2O/c1-13-6-9-18(14(2)10-13)21-12-17-5-3-4-16(20-17)11-19-15-7-8-15/h3-6,9-10,15,19H,7-8,11-12H2,1-2H3. The van der Waals surface area contributed by atoms with Crippen molar-refractivity contribution in [1.82, 2.24) is 10.3 Å². The summed E-state index contributed by atoms with van der Waals surface area (Å²) in [6.45, 7) is 5.53. The Labute approximate surface area is 126 Å². The summed E-state index contributed by atoms with van der Waals surface area (Å²) < 4.78 is 5.89. The zero-order chi connectivity index (χ0) is 14.7. The van der Waals surface area contributed by atoms with Crippen LogP contribution < -0.4 is 10.1 Å². The first-order chi connectivity index (χ1) is 10.2. The van der Waals surface area contributed by atoms with Crippen molar-refractivity contribution in [3.05, 3.63) is 58.9 Å². The van der Waals surface area contributed by atoms with E-state index in [-0.39, 0.29) is 0 Å². The fourth-order valence-corrected chi connectivity index (χ4v) is 2.36. The van der Waals surface area contributed by atoms with E-state index in [1.807, 2.05) is 12.1 Å². The van der Waals surface area contributed by atoms with E-state index in [0.717, 1.165) is 23.7 Å². The lowest BCUT2D eigenvalue weighted by atomic mass is 10.1. The summed E-state index contributed by atoms with van der Waals surface area (Å²) >= 11 is 0. The third kappa shape index (κ3) is 4.05. The van der Waals surface area contributed by atoms with Crippen LogP contribution in [0.5, 0.6) is 5.75 Å².